The molecule has 2 aromatic rings. The first kappa shape index (κ1) is 18.7. The number of nitrogens with zero attached hydrogens (tertiary/aromatic N) is 2. The summed E-state index contributed by atoms with van der Waals surface area (Å²) in [5.41, 5.74) is 10.3. The monoisotopic (exact) mass is 348 g/mol. The van der Waals surface area contributed by atoms with Gasteiger partial charge >= 0.3 is 0 Å². The van der Waals surface area contributed by atoms with E-state index in [0.29, 0.717) is 5.92 Å². The van der Waals surface area contributed by atoms with Gasteiger partial charge in [-0.2, -0.15) is 0 Å². The fourth-order valence-corrected chi connectivity index (χ4v) is 4.64. The van der Waals surface area contributed by atoms with Gasteiger partial charge in [0.25, 0.3) is 0 Å². The lowest BCUT2D eigenvalue weighted by atomic mass is 9.88. The molecular weight excluding hydrogens is 316 g/mol. The van der Waals surface area contributed by atoms with E-state index in [2.05, 4.69) is 69.0 Å². The van der Waals surface area contributed by atoms with Gasteiger partial charge in [0.05, 0.1) is 0 Å². The zero-order valence-electron chi connectivity index (χ0n) is 17.2. The maximum atomic E-state index is 4.29. The van der Waals surface area contributed by atoms with E-state index in [1.54, 1.807) is 0 Å². The molecule has 0 N–H and O–H groups in total. The predicted octanol–water partition coefficient (Wildman–Crippen LogP) is 6.39. The highest BCUT2D eigenvalue weighted by Crippen LogP contribution is 2.46. The Bertz CT molecular complexity index is 863. The molecule has 1 aromatic heterocycles. The molecule has 2 nitrogen and oxygen atoms in total. The van der Waals surface area contributed by atoms with Crippen molar-refractivity contribution in [2.45, 2.75) is 59.8 Å². The third-order valence-corrected chi connectivity index (χ3v) is 6.00. The molecule has 1 aliphatic rings. The summed E-state index contributed by atoms with van der Waals surface area (Å²) in [6.07, 6.45) is 5.98. The molecule has 1 saturated carbocycles. The molecule has 0 saturated heterocycles. The topological polar surface area (TPSA) is 17.3 Å². The van der Waals surface area contributed by atoms with Crippen molar-refractivity contribution in [2.75, 3.05) is 7.05 Å². The Labute approximate surface area is 158 Å². The van der Waals surface area contributed by atoms with E-state index in [0.717, 1.165) is 11.5 Å². The van der Waals surface area contributed by atoms with E-state index in [1.165, 1.54) is 58.6 Å². The summed E-state index contributed by atoms with van der Waals surface area (Å²) in [4.78, 5) is 4.29. The number of aliphatic imine (C=N–C) groups is 1. The van der Waals surface area contributed by atoms with Crippen molar-refractivity contribution in [1.82, 2.24) is 4.57 Å². The summed E-state index contributed by atoms with van der Waals surface area (Å²) in [5, 5.41) is 0. The molecule has 1 aliphatic carbocycles. The van der Waals surface area contributed by atoms with Crippen molar-refractivity contribution < 1.29 is 0 Å². The normalized spacial score (nSPS) is 15.6. The van der Waals surface area contributed by atoms with Gasteiger partial charge in [0.2, 0.25) is 0 Å². The molecule has 138 valence electrons. The van der Waals surface area contributed by atoms with Gasteiger partial charge in [-0.1, -0.05) is 25.6 Å². The number of rotatable bonds is 6. The summed E-state index contributed by atoms with van der Waals surface area (Å²) in [7, 11) is 1.83. The molecule has 0 spiro atoms. The Balaban J connectivity index is 2.22. The van der Waals surface area contributed by atoms with Crippen LogP contribution in [0, 0.1) is 26.7 Å². The second-order valence-electron chi connectivity index (χ2n) is 7.81. The van der Waals surface area contributed by atoms with Crippen LogP contribution in [0.15, 0.2) is 29.8 Å². The Morgan fingerprint density at radius 2 is 1.96 bits per heavy atom. The molecule has 1 aromatic carbocycles. The smallest absolute Gasteiger partial charge is 0.0487 e. The van der Waals surface area contributed by atoms with Crippen molar-refractivity contribution >= 4 is 11.8 Å². The lowest BCUT2D eigenvalue weighted by molar-refractivity contribution is 0.583. The summed E-state index contributed by atoms with van der Waals surface area (Å²) in [6, 6.07) is 6.83. The van der Waals surface area contributed by atoms with Crippen LogP contribution in [0.3, 0.4) is 0 Å². The van der Waals surface area contributed by atoms with E-state index in [1.807, 2.05) is 13.3 Å². The van der Waals surface area contributed by atoms with Crippen LogP contribution in [-0.4, -0.2) is 17.8 Å². The minimum absolute atomic E-state index is 0.698. The quantitative estimate of drug-likeness (QED) is 0.538. The first-order valence-corrected chi connectivity index (χ1v) is 9.82. The summed E-state index contributed by atoms with van der Waals surface area (Å²) in [6.45, 7) is 15.3. The molecule has 0 aliphatic heterocycles. The lowest BCUT2D eigenvalue weighted by Crippen LogP contribution is -2.08. The molecular formula is C24H32N2. The molecule has 1 atom stereocenters. The van der Waals surface area contributed by atoms with E-state index in [4.69, 9.17) is 0 Å². The molecule has 1 unspecified atom stereocenters. The Morgan fingerprint density at radius 1 is 1.27 bits per heavy atom. The van der Waals surface area contributed by atoms with Crippen LogP contribution in [0.2, 0.25) is 0 Å². The highest BCUT2D eigenvalue weighted by atomic mass is 15.0. The van der Waals surface area contributed by atoms with E-state index in [-0.39, 0.29) is 0 Å². The van der Waals surface area contributed by atoms with Gasteiger partial charge in [-0.25, -0.2) is 0 Å². The van der Waals surface area contributed by atoms with Crippen LogP contribution in [0.4, 0.5) is 0 Å². The van der Waals surface area contributed by atoms with Gasteiger partial charge in [-0.3, -0.25) is 4.99 Å². The Morgan fingerprint density at radius 3 is 2.50 bits per heavy atom. The minimum atomic E-state index is 0.698. The molecule has 1 heterocycles. The van der Waals surface area contributed by atoms with Gasteiger partial charge in [-0.05, 0) is 81.6 Å². The molecule has 0 radical (unpaired) electrons. The number of hydrogen-bond donors (Lipinski definition) is 0. The minimum Gasteiger partial charge on any atom is -0.317 e. The van der Waals surface area contributed by atoms with Crippen LogP contribution < -0.4 is 0 Å². The lowest BCUT2D eigenvalue weighted by Gasteiger charge is -2.21. The van der Waals surface area contributed by atoms with Gasteiger partial charge < -0.3 is 4.57 Å². The SMILES string of the molecule is C=C(C)c1c(C=NC)c(C)n(-c2cccc(C(CC)C3CC3)c2C)c1C. The highest BCUT2D eigenvalue weighted by Gasteiger charge is 2.32. The Kier molecular flexibility index (Phi) is 5.22. The molecule has 2 heteroatoms. The van der Waals surface area contributed by atoms with Crippen molar-refractivity contribution in [3.05, 3.63) is 58.4 Å². The van der Waals surface area contributed by atoms with E-state index in [9.17, 15) is 0 Å². The average molecular weight is 349 g/mol. The zero-order valence-corrected chi connectivity index (χ0v) is 17.2. The number of allylic oxidation sites excluding steroid dienone is 1. The van der Waals surface area contributed by atoms with E-state index < -0.39 is 0 Å². The zero-order chi connectivity index (χ0) is 19.0. The molecule has 0 bridgehead atoms. The maximum absolute atomic E-state index is 4.29. The molecule has 3 rings (SSSR count). The van der Waals surface area contributed by atoms with Crippen molar-refractivity contribution in [3.8, 4) is 5.69 Å². The highest BCUT2D eigenvalue weighted by molar-refractivity contribution is 5.91. The van der Waals surface area contributed by atoms with Gasteiger partial charge in [0, 0.05) is 41.5 Å². The average Bonchev–Trinajstić information content (AvgIpc) is 3.39. The van der Waals surface area contributed by atoms with Crippen LogP contribution in [0.1, 0.15) is 72.7 Å². The number of benzene rings is 1. The third kappa shape index (κ3) is 3.06. The van der Waals surface area contributed by atoms with Crippen LogP contribution in [0.5, 0.6) is 0 Å². The van der Waals surface area contributed by atoms with Crippen molar-refractivity contribution in [3.63, 3.8) is 0 Å². The largest absolute Gasteiger partial charge is 0.317 e. The van der Waals surface area contributed by atoms with Crippen LogP contribution in [0.25, 0.3) is 11.3 Å². The van der Waals surface area contributed by atoms with Crippen LogP contribution in [-0.2, 0) is 0 Å². The fourth-order valence-electron chi connectivity index (χ4n) is 4.64. The summed E-state index contributed by atoms with van der Waals surface area (Å²) < 4.78 is 2.40. The first-order chi connectivity index (χ1) is 12.4. The first-order valence-electron chi connectivity index (χ1n) is 9.82. The molecule has 1 fully saturated rings. The standard InChI is InChI=1S/C24H32N2/c1-8-20(19-12-13-19)21-10-9-11-23(16(21)4)26-17(5)22(14-25-7)24(15(2)3)18(26)6/h9-11,14,19-20H,2,8,12-13H2,1,3-7H3. The summed E-state index contributed by atoms with van der Waals surface area (Å²) >= 11 is 0. The molecule has 0 amide bonds. The second kappa shape index (κ2) is 7.26. The number of hydrogen-bond acceptors (Lipinski definition) is 1. The van der Waals surface area contributed by atoms with Crippen molar-refractivity contribution in [2.24, 2.45) is 10.9 Å². The van der Waals surface area contributed by atoms with E-state index >= 15 is 0 Å². The Hall–Kier alpha value is -2.09. The maximum Gasteiger partial charge on any atom is 0.0487 e. The number of aromatic nitrogens is 1. The predicted molar refractivity (Wildman–Crippen MR) is 114 cm³/mol. The van der Waals surface area contributed by atoms with Gasteiger partial charge in [0.1, 0.15) is 0 Å². The van der Waals surface area contributed by atoms with Crippen molar-refractivity contribution in [1.29, 1.82) is 0 Å². The third-order valence-electron chi connectivity index (χ3n) is 6.00. The molecule has 26 heavy (non-hydrogen) atoms. The van der Waals surface area contributed by atoms with Crippen LogP contribution >= 0.6 is 0 Å². The van der Waals surface area contributed by atoms with Gasteiger partial charge in [-0.15, -0.1) is 0 Å². The van der Waals surface area contributed by atoms with Gasteiger partial charge in [0.15, 0.2) is 0 Å². The summed E-state index contributed by atoms with van der Waals surface area (Å²) in [5.74, 6) is 1.58. The second-order valence-corrected chi connectivity index (χ2v) is 7.81. The fraction of sp³-hybridized carbons (Fsp3) is 0.458.